The number of aliphatic hydroxyl groups excluding tert-OH is 1. The lowest BCUT2D eigenvalue weighted by Crippen LogP contribution is -2.09. The van der Waals surface area contributed by atoms with E-state index in [9.17, 15) is 0 Å². The molecule has 0 aromatic heterocycles. The highest BCUT2D eigenvalue weighted by atomic mass is 16.5. The largest absolute Gasteiger partial charge is 0.491 e. The van der Waals surface area contributed by atoms with Gasteiger partial charge in [0.1, 0.15) is 12.4 Å². The molecule has 3 rings (SSSR count). The van der Waals surface area contributed by atoms with Crippen LogP contribution in [0.3, 0.4) is 0 Å². The molecule has 0 amide bonds. The first kappa shape index (κ1) is 32.0. The molecule has 3 aromatic carbocycles. The van der Waals surface area contributed by atoms with E-state index in [1.807, 2.05) is 60.7 Å². The maximum absolute atomic E-state index is 8.82. The van der Waals surface area contributed by atoms with Crippen LogP contribution in [-0.4, -0.2) is 45.3 Å². The van der Waals surface area contributed by atoms with Crippen LogP contribution >= 0.6 is 0 Å². The summed E-state index contributed by atoms with van der Waals surface area (Å²) in [5.41, 5.74) is 4.84. The molecule has 0 fully saturated rings. The summed E-state index contributed by atoms with van der Waals surface area (Å²) in [6.07, 6.45) is 10.8. The summed E-state index contributed by atoms with van der Waals surface area (Å²) in [5.74, 6) is 7.18. The predicted octanol–water partition coefficient (Wildman–Crippen LogP) is 8.20. The van der Waals surface area contributed by atoms with Crippen LogP contribution in [0.25, 0.3) is 0 Å². The van der Waals surface area contributed by atoms with E-state index in [4.69, 9.17) is 19.3 Å². The van der Waals surface area contributed by atoms with Crippen molar-refractivity contribution >= 4 is 11.4 Å². The Hall–Kier alpha value is -3.50. The first-order valence-electron chi connectivity index (χ1n) is 14.8. The number of benzene rings is 3. The lowest BCUT2D eigenvalue weighted by Gasteiger charge is -2.06. The van der Waals surface area contributed by atoms with E-state index in [0.29, 0.717) is 33.0 Å². The van der Waals surface area contributed by atoms with Crippen molar-refractivity contribution in [1.82, 2.24) is 0 Å². The maximum Gasteiger partial charge on any atom is 0.119 e. The van der Waals surface area contributed by atoms with E-state index in [0.717, 1.165) is 47.5 Å². The van der Waals surface area contributed by atoms with Gasteiger partial charge in [-0.1, -0.05) is 62.5 Å². The molecule has 0 saturated heterocycles. The Bertz CT molecular complexity index is 1180. The Morgan fingerprint density at radius 1 is 0.585 bits per heavy atom. The van der Waals surface area contributed by atoms with Crippen molar-refractivity contribution < 1.29 is 19.3 Å². The number of aryl methyl sites for hydroxylation is 1. The average molecular weight is 557 g/mol. The van der Waals surface area contributed by atoms with Gasteiger partial charge in [-0.05, 0) is 85.5 Å². The predicted molar refractivity (Wildman–Crippen MR) is 165 cm³/mol. The summed E-state index contributed by atoms with van der Waals surface area (Å²) in [7, 11) is 1.65. The quantitative estimate of drug-likeness (QED) is 0.0918. The first-order chi connectivity index (χ1) is 20.3. The Morgan fingerprint density at radius 3 is 1.68 bits per heavy atom. The molecular formula is C35H44N2O4. The Labute approximate surface area is 245 Å². The molecule has 0 atom stereocenters. The highest BCUT2D eigenvalue weighted by molar-refractivity contribution is 5.48. The Balaban J connectivity index is 1.35. The molecule has 6 nitrogen and oxygen atoms in total. The van der Waals surface area contributed by atoms with E-state index in [1.54, 1.807) is 7.11 Å². The van der Waals surface area contributed by atoms with E-state index in [1.165, 1.54) is 44.1 Å². The van der Waals surface area contributed by atoms with E-state index >= 15 is 0 Å². The summed E-state index contributed by atoms with van der Waals surface area (Å²) in [5, 5.41) is 17.6. The number of ether oxygens (including phenoxy) is 3. The molecule has 3 aromatic rings. The molecule has 0 aliphatic carbocycles. The van der Waals surface area contributed by atoms with Crippen LogP contribution in [0.2, 0.25) is 0 Å². The molecule has 0 unspecified atom stereocenters. The molecule has 218 valence electrons. The Morgan fingerprint density at radius 2 is 1.10 bits per heavy atom. The normalized spacial score (nSPS) is 11.0. The molecule has 0 saturated carbocycles. The number of aliphatic hydroxyl groups is 1. The molecule has 0 spiro atoms. The maximum atomic E-state index is 8.82. The average Bonchev–Trinajstić information content (AvgIpc) is 3.01. The third-order valence-corrected chi connectivity index (χ3v) is 6.59. The van der Waals surface area contributed by atoms with E-state index in [-0.39, 0.29) is 0 Å². The molecule has 1 N–H and O–H groups in total. The van der Waals surface area contributed by atoms with Crippen molar-refractivity contribution in [3.8, 4) is 17.6 Å². The molecule has 0 radical (unpaired) electrons. The zero-order valence-corrected chi connectivity index (χ0v) is 24.4. The second-order valence-corrected chi connectivity index (χ2v) is 9.94. The minimum absolute atomic E-state index is 0.325. The van der Waals surface area contributed by atoms with Crippen LogP contribution in [0.15, 0.2) is 83.0 Å². The van der Waals surface area contributed by atoms with Crippen molar-refractivity contribution in [3.63, 3.8) is 0 Å². The van der Waals surface area contributed by atoms with Crippen LogP contribution in [0.1, 0.15) is 68.1 Å². The highest BCUT2D eigenvalue weighted by Gasteiger charge is 1.98. The number of rotatable bonds is 19. The van der Waals surface area contributed by atoms with Gasteiger partial charge in [0, 0.05) is 24.8 Å². The number of hydrogen-bond donors (Lipinski definition) is 1. The number of azo groups is 1. The van der Waals surface area contributed by atoms with Crippen LogP contribution < -0.4 is 4.74 Å². The van der Waals surface area contributed by atoms with Gasteiger partial charge in [0.05, 0.1) is 31.2 Å². The van der Waals surface area contributed by atoms with Gasteiger partial charge in [-0.15, -0.1) is 0 Å². The zero-order valence-electron chi connectivity index (χ0n) is 24.4. The number of unbranched alkanes of at least 4 members (excludes halogenated alkanes) is 7. The fraction of sp³-hybridized carbons (Fsp3) is 0.429. The van der Waals surface area contributed by atoms with E-state index < -0.39 is 0 Å². The second kappa shape index (κ2) is 20.4. The standard InChI is InChI=1S/C35H44N2O4/c1-39-26-27-40-28-29-41-35-23-17-32(18-24-35)12-11-31-15-21-34(22-16-31)37-36-33-19-13-30(14-20-33)10-8-6-4-2-3-5-7-9-25-38/h13-24,38H,2-10,25-29H2,1H3. The third-order valence-electron chi connectivity index (χ3n) is 6.59. The monoisotopic (exact) mass is 556 g/mol. The summed E-state index contributed by atoms with van der Waals surface area (Å²) in [6, 6.07) is 23.9. The van der Waals surface area contributed by atoms with Gasteiger partial charge in [-0.3, -0.25) is 0 Å². The van der Waals surface area contributed by atoms with Crippen molar-refractivity contribution in [2.75, 3.05) is 40.1 Å². The van der Waals surface area contributed by atoms with Gasteiger partial charge in [0.15, 0.2) is 0 Å². The molecule has 41 heavy (non-hydrogen) atoms. The minimum atomic E-state index is 0.325. The smallest absolute Gasteiger partial charge is 0.119 e. The van der Waals surface area contributed by atoms with Gasteiger partial charge >= 0.3 is 0 Å². The van der Waals surface area contributed by atoms with Crippen molar-refractivity contribution in [1.29, 1.82) is 0 Å². The van der Waals surface area contributed by atoms with Gasteiger partial charge in [0.25, 0.3) is 0 Å². The number of nitrogens with zero attached hydrogens (tertiary/aromatic N) is 2. The third kappa shape index (κ3) is 14.1. The van der Waals surface area contributed by atoms with Crippen molar-refractivity contribution in [2.45, 2.75) is 57.8 Å². The lowest BCUT2D eigenvalue weighted by atomic mass is 10.0. The summed E-state index contributed by atoms with van der Waals surface area (Å²) in [6.45, 7) is 2.51. The van der Waals surface area contributed by atoms with Gasteiger partial charge in [-0.25, -0.2) is 0 Å². The topological polar surface area (TPSA) is 72.6 Å². The summed E-state index contributed by atoms with van der Waals surface area (Å²) in [4.78, 5) is 0. The number of hydrogen-bond acceptors (Lipinski definition) is 6. The SMILES string of the molecule is COCCOCCOc1ccc(C#Cc2ccc(N=Nc3ccc(CCCCCCCCCCO)cc3)cc2)cc1. The Kier molecular flexibility index (Phi) is 15.9. The molecule has 0 heterocycles. The van der Waals surface area contributed by atoms with Crippen molar-refractivity contribution in [2.24, 2.45) is 10.2 Å². The van der Waals surface area contributed by atoms with Gasteiger partial charge in [-0.2, -0.15) is 10.2 Å². The fourth-order valence-electron chi connectivity index (χ4n) is 4.20. The van der Waals surface area contributed by atoms with Gasteiger partial charge < -0.3 is 19.3 Å². The fourth-order valence-corrected chi connectivity index (χ4v) is 4.20. The molecule has 0 aliphatic heterocycles. The number of methoxy groups -OCH3 is 1. The lowest BCUT2D eigenvalue weighted by molar-refractivity contribution is 0.0544. The molecule has 0 aliphatic rings. The summed E-state index contributed by atoms with van der Waals surface area (Å²) < 4.78 is 16.0. The van der Waals surface area contributed by atoms with E-state index in [2.05, 4.69) is 34.2 Å². The van der Waals surface area contributed by atoms with Gasteiger partial charge in [0.2, 0.25) is 0 Å². The van der Waals surface area contributed by atoms with Crippen LogP contribution in [0, 0.1) is 11.8 Å². The van der Waals surface area contributed by atoms with Crippen LogP contribution in [0.5, 0.6) is 5.75 Å². The second-order valence-electron chi connectivity index (χ2n) is 9.94. The highest BCUT2D eigenvalue weighted by Crippen LogP contribution is 2.20. The minimum Gasteiger partial charge on any atom is -0.491 e. The molecular weight excluding hydrogens is 512 g/mol. The first-order valence-corrected chi connectivity index (χ1v) is 14.8. The van der Waals surface area contributed by atoms with Crippen molar-refractivity contribution in [3.05, 3.63) is 89.5 Å². The molecule has 0 bridgehead atoms. The molecule has 6 heteroatoms. The van der Waals surface area contributed by atoms with Crippen LogP contribution in [0.4, 0.5) is 11.4 Å². The zero-order chi connectivity index (χ0) is 28.8. The van der Waals surface area contributed by atoms with Crippen LogP contribution in [-0.2, 0) is 15.9 Å². The summed E-state index contributed by atoms with van der Waals surface area (Å²) >= 11 is 0.